The van der Waals surface area contributed by atoms with E-state index in [0.29, 0.717) is 6.04 Å². The van der Waals surface area contributed by atoms with Crippen LogP contribution in [-0.4, -0.2) is 31.6 Å². The molecule has 0 saturated heterocycles. The Bertz CT molecular complexity index is 362. The molecule has 0 fully saturated rings. The van der Waals surface area contributed by atoms with Gasteiger partial charge in [-0.25, -0.2) is 0 Å². The SMILES string of the molecule is CCN(C)CCNC(C)c1ccc(C(C)(C)C)cc1. The molecule has 0 radical (unpaired) electrons. The molecule has 1 rings (SSSR count). The van der Waals surface area contributed by atoms with Gasteiger partial charge in [0.25, 0.3) is 0 Å². The molecule has 1 aromatic rings. The molecular formula is C17H30N2. The lowest BCUT2D eigenvalue weighted by atomic mass is 9.86. The van der Waals surface area contributed by atoms with Crippen molar-refractivity contribution in [2.24, 2.45) is 0 Å². The Morgan fingerprint density at radius 1 is 1.16 bits per heavy atom. The van der Waals surface area contributed by atoms with Crippen molar-refractivity contribution in [2.45, 2.75) is 46.1 Å². The van der Waals surface area contributed by atoms with E-state index in [9.17, 15) is 0 Å². The molecular weight excluding hydrogens is 232 g/mol. The van der Waals surface area contributed by atoms with Gasteiger partial charge >= 0.3 is 0 Å². The van der Waals surface area contributed by atoms with E-state index in [2.05, 4.69) is 76.1 Å². The zero-order chi connectivity index (χ0) is 14.5. The monoisotopic (exact) mass is 262 g/mol. The zero-order valence-corrected chi connectivity index (χ0v) is 13.5. The molecule has 1 aromatic carbocycles. The number of likely N-dealkylation sites (N-methyl/N-ethyl adjacent to an activating group) is 1. The lowest BCUT2D eigenvalue weighted by Crippen LogP contribution is -2.30. The van der Waals surface area contributed by atoms with Gasteiger partial charge in [-0.15, -0.1) is 0 Å². The number of benzene rings is 1. The summed E-state index contributed by atoms with van der Waals surface area (Å²) in [7, 11) is 2.16. The maximum absolute atomic E-state index is 3.58. The first-order chi connectivity index (χ1) is 8.84. The van der Waals surface area contributed by atoms with E-state index in [1.807, 2.05) is 0 Å². The first-order valence-corrected chi connectivity index (χ1v) is 7.37. The summed E-state index contributed by atoms with van der Waals surface area (Å²) in [5.74, 6) is 0. The molecule has 0 aliphatic rings. The highest BCUT2D eigenvalue weighted by Crippen LogP contribution is 2.23. The Labute approximate surface area is 119 Å². The number of rotatable bonds is 6. The summed E-state index contributed by atoms with van der Waals surface area (Å²) in [6, 6.07) is 9.43. The average molecular weight is 262 g/mol. The maximum Gasteiger partial charge on any atom is 0.0292 e. The van der Waals surface area contributed by atoms with E-state index >= 15 is 0 Å². The first kappa shape index (κ1) is 16.2. The van der Waals surface area contributed by atoms with Gasteiger partial charge in [0.15, 0.2) is 0 Å². The van der Waals surface area contributed by atoms with Gasteiger partial charge in [-0.1, -0.05) is 52.0 Å². The van der Waals surface area contributed by atoms with Crippen LogP contribution in [0.5, 0.6) is 0 Å². The van der Waals surface area contributed by atoms with Crippen molar-refractivity contribution in [2.75, 3.05) is 26.7 Å². The molecule has 108 valence electrons. The first-order valence-electron chi connectivity index (χ1n) is 7.37. The summed E-state index contributed by atoms with van der Waals surface area (Å²) in [6.07, 6.45) is 0. The Kier molecular flexibility index (Phi) is 6.02. The van der Waals surface area contributed by atoms with E-state index in [0.717, 1.165) is 19.6 Å². The highest BCUT2D eigenvalue weighted by Gasteiger charge is 2.13. The van der Waals surface area contributed by atoms with Crippen LogP contribution < -0.4 is 5.32 Å². The summed E-state index contributed by atoms with van der Waals surface area (Å²) < 4.78 is 0. The fraction of sp³-hybridized carbons (Fsp3) is 0.647. The molecule has 0 aliphatic heterocycles. The molecule has 0 aliphatic carbocycles. The van der Waals surface area contributed by atoms with Crippen molar-refractivity contribution in [3.8, 4) is 0 Å². The minimum atomic E-state index is 0.235. The van der Waals surface area contributed by atoms with Crippen LogP contribution in [0.15, 0.2) is 24.3 Å². The third-order valence-electron chi connectivity index (χ3n) is 3.76. The highest BCUT2D eigenvalue weighted by molar-refractivity contribution is 5.28. The Balaban J connectivity index is 2.51. The van der Waals surface area contributed by atoms with Crippen LogP contribution in [0.25, 0.3) is 0 Å². The average Bonchev–Trinajstić information content (AvgIpc) is 2.37. The van der Waals surface area contributed by atoms with Crippen molar-refractivity contribution in [3.05, 3.63) is 35.4 Å². The van der Waals surface area contributed by atoms with Gasteiger partial charge < -0.3 is 10.2 Å². The highest BCUT2D eigenvalue weighted by atomic mass is 15.1. The Morgan fingerprint density at radius 3 is 2.21 bits per heavy atom. The van der Waals surface area contributed by atoms with Crippen LogP contribution in [0.2, 0.25) is 0 Å². The van der Waals surface area contributed by atoms with E-state index < -0.39 is 0 Å². The van der Waals surface area contributed by atoms with E-state index in [4.69, 9.17) is 0 Å². The number of hydrogen-bond acceptors (Lipinski definition) is 2. The number of nitrogens with zero attached hydrogens (tertiary/aromatic N) is 1. The van der Waals surface area contributed by atoms with Gasteiger partial charge in [0.1, 0.15) is 0 Å². The van der Waals surface area contributed by atoms with E-state index in [1.54, 1.807) is 0 Å². The maximum atomic E-state index is 3.58. The summed E-state index contributed by atoms with van der Waals surface area (Å²) >= 11 is 0. The topological polar surface area (TPSA) is 15.3 Å². The second-order valence-corrected chi connectivity index (χ2v) is 6.44. The Morgan fingerprint density at radius 2 is 1.74 bits per heavy atom. The summed E-state index contributed by atoms with van der Waals surface area (Å²) in [4.78, 5) is 2.32. The van der Waals surface area contributed by atoms with Gasteiger partial charge in [-0.05, 0) is 37.1 Å². The zero-order valence-electron chi connectivity index (χ0n) is 13.5. The van der Waals surface area contributed by atoms with Crippen LogP contribution >= 0.6 is 0 Å². The predicted molar refractivity (Wildman–Crippen MR) is 84.7 cm³/mol. The fourth-order valence-electron chi connectivity index (χ4n) is 2.02. The standard InChI is InChI=1S/C17H30N2/c1-7-19(6)13-12-18-14(2)15-8-10-16(11-9-15)17(3,4)5/h8-11,14,18H,7,12-13H2,1-6H3. The third kappa shape index (κ3) is 5.33. The van der Waals surface area contributed by atoms with Crippen molar-refractivity contribution in [3.63, 3.8) is 0 Å². The summed E-state index contributed by atoms with van der Waals surface area (Å²) in [5, 5.41) is 3.58. The van der Waals surface area contributed by atoms with Crippen LogP contribution in [0, 0.1) is 0 Å². The fourth-order valence-corrected chi connectivity index (χ4v) is 2.02. The molecule has 0 spiro atoms. The number of hydrogen-bond donors (Lipinski definition) is 1. The van der Waals surface area contributed by atoms with Gasteiger partial charge in [-0.2, -0.15) is 0 Å². The van der Waals surface area contributed by atoms with Crippen molar-refractivity contribution < 1.29 is 0 Å². The minimum absolute atomic E-state index is 0.235. The second-order valence-electron chi connectivity index (χ2n) is 6.44. The second kappa shape index (κ2) is 7.06. The van der Waals surface area contributed by atoms with Gasteiger partial charge in [0, 0.05) is 19.1 Å². The quantitative estimate of drug-likeness (QED) is 0.843. The van der Waals surface area contributed by atoms with Gasteiger partial charge in [-0.3, -0.25) is 0 Å². The molecule has 1 unspecified atom stereocenters. The van der Waals surface area contributed by atoms with E-state index in [-0.39, 0.29) is 5.41 Å². The molecule has 1 atom stereocenters. The summed E-state index contributed by atoms with van der Waals surface area (Å²) in [6.45, 7) is 14.4. The van der Waals surface area contributed by atoms with Crippen molar-refractivity contribution in [1.29, 1.82) is 0 Å². The third-order valence-corrected chi connectivity index (χ3v) is 3.76. The van der Waals surface area contributed by atoms with Crippen molar-refractivity contribution in [1.82, 2.24) is 10.2 Å². The molecule has 2 nitrogen and oxygen atoms in total. The van der Waals surface area contributed by atoms with Crippen LogP contribution in [0.3, 0.4) is 0 Å². The molecule has 0 aromatic heterocycles. The van der Waals surface area contributed by atoms with Crippen LogP contribution in [-0.2, 0) is 5.41 Å². The van der Waals surface area contributed by atoms with Gasteiger partial charge in [0.2, 0.25) is 0 Å². The molecule has 1 N–H and O–H groups in total. The van der Waals surface area contributed by atoms with Crippen LogP contribution in [0.4, 0.5) is 0 Å². The Hall–Kier alpha value is -0.860. The summed E-state index contributed by atoms with van der Waals surface area (Å²) in [5.41, 5.74) is 3.00. The predicted octanol–water partition coefficient (Wildman–Crippen LogP) is 3.59. The molecule has 0 bridgehead atoms. The van der Waals surface area contributed by atoms with Crippen LogP contribution in [0.1, 0.15) is 51.8 Å². The molecule has 0 amide bonds. The molecule has 2 heteroatoms. The normalized spacial score (nSPS) is 13.8. The molecule has 19 heavy (non-hydrogen) atoms. The van der Waals surface area contributed by atoms with Crippen molar-refractivity contribution >= 4 is 0 Å². The lowest BCUT2D eigenvalue weighted by Gasteiger charge is -2.21. The minimum Gasteiger partial charge on any atom is -0.309 e. The molecule has 0 saturated carbocycles. The van der Waals surface area contributed by atoms with E-state index in [1.165, 1.54) is 11.1 Å². The molecule has 0 heterocycles. The lowest BCUT2D eigenvalue weighted by molar-refractivity contribution is 0.342. The van der Waals surface area contributed by atoms with Gasteiger partial charge in [0.05, 0.1) is 0 Å². The number of nitrogens with one attached hydrogen (secondary N) is 1. The largest absolute Gasteiger partial charge is 0.309 e. The smallest absolute Gasteiger partial charge is 0.0292 e.